The zero-order valence-electron chi connectivity index (χ0n) is 18.5. The number of nitrogens with zero attached hydrogens (tertiary/aromatic N) is 3. The summed E-state index contributed by atoms with van der Waals surface area (Å²) in [6.07, 6.45) is -4.45. The van der Waals surface area contributed by atoms with Crippen molar-refractivity contribution >= 4 is 56.3 Å². The molecule has 7 nitrogen and oxygen atoms in total. The first-order chi connectivity index (χ1) is 17.1. The zero-order valence-corrected chi connectivity index (χ0v) is 21.6. The Morgan fingerprint density at radius 1 is 1.11 bits per heavy atom. The van der Waals surface area contributed by atoms with E-state index >= 15 is 4.39 Å². The summed E-state index contributed by atoms with van der Waals surface area (Å²) < 4.78 is 80.5. The van der Waals surface area contributed by atoms with Gasteiger partial charge < -0.3 is 9.74 Å². The molecule has 37 heavy (non-hydrogen) atoms. The van der Waals surface area contributed by atoms with E-state index in [1.165, 1.54) is 23.2 Å². The summed E-state index contributed by atoms with van der Waals surface area (Å²) in [4.78, 5) is 22.5. The van der Waals surface area contributed by atoms with E-state index in [9.17, 15) is 26.4 Å². The van der Waals surface area contributed by atoms with E-state index in [4.69, 9.17) is 39.6 Å². The number of sulfone groups is 1. The van der Waals surface area contributed by atoms with Gasteiger partial charge in [0.1, 0.15) is 0 Å². The van der Waals surface area contributed by atoms with Crippen LogP contribution >= 0.6 is 34.8 Å². The zero-order chi connectivity index (χ0) is 27.0. The number of carbonyl (C=O) groups excluding carboxylic acids is 1. The van der Waals surface area contributed by atoms with Crippen LogP contribution in [0.2, 0.25) is 15.1 Å². The highest BCUT2D eigenvalue weighted by Gasteiger charge is 2.62. The number of hydrogen-bond donors (Lipinski definition) is 0. The second kappa shape index (κ2) is 8.69. The van der Waals surface area contributed by atoms with Gasteiger partial charge in [-0.25, -0.2) is 12.8 Å². The van der Waals surface area contributed by atoms with Crippen LogP contribution in [-0.2, 0) is 30.7 Å². The minimum atomic E-state index is -4.91. The summed E-state index contributed by atoms with van der Waals surface area (Å²) in [6, 6.07) is 4.69. The number of rotatable bonds is 4. The van der Waals surface area contributed by atoms with Gasteiger partial charge in [0, 0.05) is 17.3 Å². The maximum atomic E-state index is 15.3. The highest BCUT2D eigenvalue weighted by Crippen LogP contribution is 2.50. The van der Waals surface area contributed by atoms with Crippen molar-refractivity contribution in [2.24, 2.45) is 11.1 Å². The lowest BCUT2D eigenvalue weighted by Gasteiger charge is -2.46. The second-order valence-electron chi connectivity index (χ2n) is 9.25. The van der Waals surface area contributed by atoms with Gasteiger partial charge >= 0.3 is 6.18 Å². The predicted molar refractivity (Wildman–Crippen MR) is 127 cm³/mol. The van der Waals surface area contributed by atoms with E-state index in [2.05, 4.69) is 10.1 Å². The molecule has 2 fully saturated rings. The number of hydrogen-bond acceptors (Lipinski definition) is 6. The van der Waals surface area contributed by atoms with E-state index in [1.54, 1.807) is 0 Å². The van der Waals surface area contributed by atoms with Crippen LogP contribution in [0.3, 0.4) is 0 Å². The van der Waals surface area contributed by atoms with Crippen LogP contribution < -0.4 is 0 Å². The molecular weight excluding hydrogens is 585 g/mol. The summed E-state index contributed by atoms with van der Waals surface area (Å²) in [5, 5.41) is 3.17. The van der Waals surface area contributed by atoms with Crippen LogP contribution in [0.15, 0.2) is 35.6 Å². The number of carbonyl (C=O) groups is 1. The van der Waals surface area contributed by atoms with Crippen molar-refractivity contribution < 1.29 is 35.6 Å². The minimum absolute atomic E-state index is 0.0144. The van der Waals surface area contributed by atoms with Gasteiger partial charge in [-0.1, -0.05) is 40.0 Å². The van der Waals surface area contributed by atoms with Crippen molar-refractivity contribution in [3.05, 3.63) is 62.4 Å². The number of pyridine rings is 1. The van der Waals surface area contributed by atoms with Crippen molar-refractivity contribution in [2.45, 2.75) is 23.9 Å². The fraction of sp³-hybridized carbons (Fsp3) is 0.409. The normalized spacial score (nSPS) is 24.6. The third kappa shape index (κ3) is 4.45. The van der Waals surface area contributed by atoms with Crippen LogP contribution in [0.1, 0.15) is 23.2 Å². The van der Waals surface area contributed by atoms with Gasteiger partial charge in [0.15, 0.2) is 15.5 Å². The van der Waals surface area contributed by atoms with Crippen molar-refractivity contribution in [1.82, 2.24) is 9.88 Å². The number of aromatic nitrogens is 1. The molecule has 1 unspecified atom stereocenters. The van der Waals surface area contributed by atoms with Crippen LogP contribution in [0.4, 0.5) is 17.6 Å². The van der Waals surface area contributed by atoms with Crippen molar-refractivity contribution in [1.29, 1.82) is 0 Å². The van der Waals surface area contributed by atoms with Crippen LogP contribution in [0.5, 0.6) is 0 Å². The van der Waals surface area contributed by atoms with Gasteiger partial charge in [0.2, 0.25) is 5.91 Å². The smallest absolute Gasteiger partial charge is 0.374 e. The maximum absolute atomic E-state index is 15.3. The summed E-state index contributed by atoms with van der Waals surface area (Å²) in [5.41, 5.74) is -5.13. The van der Waals surface area contributed by atoms with Crippen LogP contribution in [0, 0.1) is 5.92 Å². The maximum Gasteiger partial charge on any atom is 0.435 e. The van der Waals surface area contributed by atoms with E-state index in [1.807, 2.05) is 0 Å². The Labute approximate surface area is 223 Å². The molecule has 0 N–H and O–H groups in total. The highest BCUT2D eigenvalue weighted by molar-refractivity contribution is 7.92. The molecule has 15 heteroatoms. The summed E-state index contributed by atoms with van der Waals surface area (Å²) in [6.45, 7) is -0.595. The molecule has 1 aromatic heterocycles. The molecule has 0 bridgehead atoms. The van der Waals surface area contributed by atoms with Crippen LogP contribution in [0.25, 0.3) is 0 Å². The molecule has 3 aliphatic rings. The molecule has 2 aromatic rings. The predicted octanol–water partition coefficient (Wildman–Crippen LogP) is 4.68. The molecule has 0 spiro atoms. The topological polar surface area (TPSA) is 88.9 Å². The Bertz CT molecular complexity index is 1390. The van der Waals surface area contributed by atoms with E-state index in [0.29, 0.717) is 0 Å². The lowest BCUT2D eigenvalue weighted by atomic mass is 9.86. The first kappa shape index (κ1) is 26.5. The molecule has 1 amide bonds. The molecule has 3 aliphatic heterocycles. The Hall–Kier alpha value is -2.15. The standard InChI is InChI=1S/C22H16Cl3F4N3O4S/c23-14-3-13(4-15(24)18(14)25)21(22(27,28)29)5-16(31-36-21)11-1-2-17(30-6-11)20(26)9-32(10-20)19(33)12-7-37(34,35)8-12/h1-4,6,12H,5,7-10H2. The van der Waals surface area contributed by atoms with Gasteiger partial charge in [0.05, 0.1) is 63.4 Å². The number of likely N-dealkylation sites (tertiary alicyclic amines) is 1. The number of oxime groups is 1. The Balaban J connectivity index is 1.31. The lowest BCUT2D eigenvalue weighted by molar-refractivity contribution is -0.275. The highest BCUT2D eigenvalue weighted by atomic mass is 35.5. The second-order valence-corrected chi connectivity index (χ2v) is 12.6. The third-order valence-corrected chi connectivity index (χ3v) is 9.66. The SMILES string of the molecule is O=C(C1CS(=O)(=O)C1)N1CC(F)(c2ccc(C3=NOC(c4cc(Cl)c(Cl)c(Cl)c4)(C(F)(F)F)C3)cn2)C1. The average molecular weight is 601 g/mol. The molecule has 0 radical (unpaired) electrons. The summed E-state index contributed by atoms with van der Waals surface area (Å²) >= 11 is 17.8. The number of halogens is 7. The molecular formula is C22H16Cl3F4N3O4S. The molecule has 2 saturated heterocycles. The largest absolute Gasteiger partial charge is 0.435 e. The first-order valence-corrected chi connectivity index (χ1v) is 13.7. The van der Waals surface area contributed by atoms with Gasteiger partial charge in [0.25, 0.3) is 5.60 Å². The Kier molecular flexibility index (Phi) is 6.21. The third-order valence-electron chi connectivity index (χ3n) is 6.65. The summed E-state index contributed by atoms with van der Waals surface area (Å²) in [5.74, 6) is -1.58. The van der Waals surface area contributed by atoms with Gasteiger partial charge in [-0.2, -0.15) is 13.2 Å². The molecule has 0 aliphatic carbocycles. The Morgan fingerprint density at radius 2 is 1.73 bits per heavy atom. The number of amides is 1. The van der Waals surface area contributed by atoms with Gasteiger partial charge in [-0.3, -0.25) is 9.78 Å². The van der Waals surface area contributed by atoms with Crippen molar-refractivity contribution in [3.63, 3.8) is 0 Å². The van der Waals surface area contributed by atoms with Crippen LogP contribution in [-0.4, -0.2) is 60.7 Å². The molecule has 198 valence electrons. The molecule has 1 atom stereocenters. The molecule has 0 saturated carbocycles. The fourth-order valence-corrected chi connectivity index (χ4v) is 6.53. The minimum Gasteiger partial charge on any atom is -0.374 e. The van der Waals surface area contributed by atoms with Crippen molar-refractivity contribution in [3.8, 4) is 0 Å². The van der Waals surface area contributed by atoms with Gasteiger partial charge in [-0.05, 0) is 24.3 Å². The first-order valence-electron chi connectivity index (χ1n) is 10.8. The Morgan fingerprint density at radius 3 is 2.24 bits per heavy atom. The van der Waals surface area contributed by atoms with Gasteiger partial charge in [-0.15, -0.1) is 0 Å². The monoisotopic (exact) mass is 599 g/mol. The van der Waals surface area contributed by atoms with E-state index in [-0.39, 0.29) is 62.2 Å². The fourth-order valence-electron chi connectivity index (χ4n) is 4.52. The number of benzene rings is 1. The molecule has 5 rings (SSSR count). The average Bonchev–Trinajstić information content (AvgIpc) is 3.25. The quantitative estimate of drug-likeness (QED) is 0.376. The summed E-state index contributed by atoms with van der Waals surface area (Å²) in [7, 11) is -3.19. The van der Waals surface area contributed by atoms with Crippen molar-refractivity contribution in [2.75, 3.05) is 24.6 Å². The van der Waals surface area contributed by atoms with E-state index in [0.717, 1.165) is 12.1 Å². The number of alkyl halides is 4. The van der Waals surface area contributed by atoms with E-state index < -0.39 is 45.5 Å². The molecule has 1 aromatic carbocycles. The molecule has 4 heterocycles. The lowest BCUT2D eigenvalue weighted by Crippen LogP contribution is -2.62.